The molecule has 0 spiro atoms. The van der Waals surface area contributed by atoms with Crippen LogP contribution in [0.25, 0.3) is 5.95 Å². The van der Waals surface area contributed by atoms with Crippen molar-refractivity contribution in [2.24, 2.45) is 5.92 Å². The van der Waals surface area contributed by atoms with Gasteiger partial charge in [-0.3, -0.25) is 0 Å². The lowest BCUT2D eigenvalue weighted by molar-refractivity contribution is -0.0457. The molecular formula is C20H25F4N5O. The van der Waals surface area contributed by atoms with Gasteiger partial charge in [-0.1, -0.05) is 0 Å². The van der Waals surface area contributed by atoms with Gasteiger partial charge < -0.3 is 9.64 Å². The van der Waals surface area contributed by atoms with E-state index in [0.717, 1.165) is 0 Å². The van der Waals surface area contributed by atoms with Crippen molar-refractivity contribution in [1.82, 2.24) is 19.7 Å². The van der Waals surface area contributed by atoms with Crippen molar-refractivity contribution < 1.29 is 22.3 Å². The highest BCUT2D eigenvalue weighted by Crippen LogP contribution is 2.37. The third-order valence-corrected chi connectivity index (χ3v) is 5.77. The van der Waals surface area contributed by atoms with E-state index in [1.807, 2.05) is 6.07 Å². The van der Waals surface area contributed by atoms with E-state index in [9.17, 15) is 17.6 Å². The minimum Gasteiger partial charge on any atom is -0.378 e. The maximum Gasteiger partial charge on any atom is 0.282 e. The molecule has 3 heterocycles. The summed E-state index contributed by atoms with van der Waals surface area (Å²) in [4.78, 5) is 11.1. The molecule has 164 valence electrons. The first-order valence-corrected chi connectivity index (χ1v) is 10.2. The number of nitrogens with zero attached hydrogens (tertiary/aromatic N) is 5. The molecule has 0 radical (unpaired) electrons. The van der Waals surface area contributed by atoms with Gasteiger partial charge in [-0.15, -0.1) is 0 Å². The summed E-state index contributed by atoms with van der Waals surface area (Å²) in [5.41, 5.74) is 0.774. The summed E-state index contributed by atoms with van der Waals surface area (Å²) >= 11 is 0. The number of aryl methyl sites for hydroxylation is 1. The zero-order valence-electron chi connectivity index (χ0n) is 16.8. The quantitative estimate of drug-likeness (QED) is 0.672. The number of aromatic nitrogens is 4. The van der Waals surface area contributed by atoms with Gasteiger partial charge in [0.15, 0.2) is 0 Å². The smallest absolute Gasteiger partial charge is 0.282 e. The fraction of sp³-hybridized carbons (Fsp3) is 0.650. The number of anilines is 1. The minimum absolute atomic E-state index is 0.109. The van der Waals surface area contributed by atoms with Gasteiger partial charge in [-0.25, -0.2) is 27.2 Å². The molecule has 0 amide bonds. The van der Waals surface area contributed by atoms with Gasteiger partial charge in [0.2, 0.25) is 5.92 Å². The molecule has 2 aliphatic rings. The molecule has 6 nitrogen and oxygen atoms in total. The van der Waals surface area contributed by atoms with Gasteiger partial charge in [0.25, 0.3) is 12.4 Å². The molecule has 0 N–H and O–H groups in total. The molecule has 0 unspecified atom stereocenters. The Morgan fingerprint density at radius 1 is 1.17 bits per heavy atom. The maximum atomic E-state index is 13.5. The zero-order valence-corrected chi connectivity index (χ0v) is 16.8. The predicted molar refractivity (Wildman–Crippen MR) is 102 cm³/mol. The van der Waals surface area contributed by atoms with Gasteiger partial charge >= 0.3 is 0 Å². The van der Waals surface area contributed by atoms with Crippen LogP contribution in [0, 0.1) is 12.8 Å². The Labute approximate surface area is 172 Å². The first-order chi connectivity index (χ1) is 14.3. The lowest BCUT2D eigenvalue weighted by Gasteiger charge is -2.29. The number of ether oxygens (including phenoxy) is 1. The van der Waals surface area contributed by atoms with E-state index in [2.05, 4.69) is 20.0 Å². The average molecular weight is 427 g/mol. The van der Waals surface area contributed by atoms with E-state index >= 15 is 0 Å². The molecule has 0 bridgehead atoms. The van der Waals surface area contributed by atoms with Crippen LogP contribution in [-0.2, 0) is 11.2 Å². The molecule has 0 atom stereocenters. The van der Waals surface area contributed by atoms with Gasteiger partial charge in [0, 0.05) is 43.9 Å². The predicted octanol–water partition coefficient (Wildman–Crippen LogP) is 4.11. The van der Waals surface area contributed by atoms with Crippen molar-refractivity contribution in [3.63, 3.8) is 0 Å². The van der Waals surface area contributed by atoms with Crippen molar-refractivity contribution in [3.8, 4) is 5.95 Å². The largest absolute Gasteiger partial charge is 0.378 e. The van der Waals surface area contributed by atoms with E-state index in [4.69, 9.17) is 4.74 Å². The molecule has 1 aliphatic carbocycles. The second kappa shape index (κ2) is 8.49. The molecule has 2 aromatic heterocycles. The molecule has 1 saturated carbocycles. The number of hydrogen-bond donors (Lipinski definition) is 0. The minimum atomic E-state index is -2.68. The summed E-state index contributed by atoms with van der Waals surface area (Å²) in [6.45, 7) is 4.03. The molecule has 0 aromatic carbocycles. The van der Waals surface area contributed by atoms with Crippen molar-refractivity contribution in [2.75, 3.05) is 31.2 Å². The molecule has 2 fully saturated rings. The summed E-state index contributed by atoms with van der Waals surface area (Å²) in [5, 5.41) is 3.97. The van der Waals surface area contributed by atoms with Gasteiger partial charge in [0.05, 0.1) is 13.2 Å². The fourth-order valence-corrected chi connectivity index (χ4v) is 4.02. The molecule has 10 heteroatoms. The van der Waals surface area contributed by atoms with E-state index in [1.165, 1.54) is 10.9 Å². The van der Waals surface area contributed by atoms with E-state index in [0.29, 0.717) is 62.6 Å². The van der Waals surface area contributed by atoms with Gasteiger partial charge in [0.1, 0.15) is 11.5 Å². The topological polar surface area (TPSA) is 56.1 Å². The summed E-state index contributed by atoms with van der Waals surface area (Å²) in [5.74, 6) is -1.58. The van der Waals surface area contributed by atoms with E-state index < -0.39 is 12.3 Å². The van der Waals surface area contributed by atoms with Crippen LogP contribution in [0.4, 0.5) is 23.4 Å². The lowest BCUT2D eigenvalue weighted by atomic mass is 9.84. The number of halogens is 4. The molecule has 4 rings (SSSR count). The maximum absolute atomic E-state index is 13.5. The van der Waals surface area contributed by atoms with E-state index in [1.54, 1.807) is 6.92 Å². The Balaban J connectivity index is 1.63. The molecular weight excluding hydrogens is 402 g/mol. The zero-order chi connectivity index (χ0) is 21.3. The molecule has 30 heavy (non-hydrogen) atoms. The van der Waals surface area contributed by atoms with Crippen LogP contribution < -0.4 is 4.90 Å². The van der Waals surface area contributed by atoms with Gasteiger partial charge in [-0.2, -0.15) is 10.1 Å². The third kappa shape index (κ3) is 4.74. The number of morpholine rings is 1. The van der Waals surface area contributed by atoms with Crippen LogP contribution in [0.5, 0.6) is 0 Å². The number of alkyl halides is 4. The Morgan fingerprint density at radius 2 is 1.87 bits per heavy atom. The van der Waals surface area contributed by atoms with Crippen LogP contribution in [0.1, 0.15) is 49.1 Å². The number of hydrogen-bond acceptors (Lipinski definition) is 5. The molecule has 1 aliphatic heterocycles. The third-order valence-electron chi connectivity index (χ3n) is 5.77. The summed E-state index contributed by atoms with van der Waals surface area (Å²) in [6.07, 6.45) is 0.0162. The fourth-order valence-electron chi connectivity index (χ4n) is 4.02. The molecule has 1 saturated heterocycles. The Kier molecular flexibility index (Phi) is 5.95. The molecule has 2 aromatic rings. The van der Waals surface area contributed by atoms with Crippen molar-refractivity contribution in [3.05, 3.63) is 29.2 Å². The second-order valence-electron chi connectivity index (χ2n) is 8.06. The lowest BCUT2D eigenvalue weighted by Crippen LogP contribution is -2.37. The average Bonchev–Trinajstić information content (AvgIpc) is 3.12. The monoisotopic (exact) mass is 427 g/mol. The first kappa shape index (κ1) is 21.0. The standard InChI is InChI=1S/C20H25F4N5O/c1-13-12-29(27-17(13)18(21)22)19-25-15(10-14-2-4-20(23,24)5-3-14)11-16(26-19)28-6-8-30-9-7-28/h11-12,14,18H,2-10H2,1H3. The Hall–Kier alpha value is -2.23. The highest BCUT2D eigenvalue weighted by molar-refractivity contribution is 5.43. The second-order valence-corrected chi connectivity index (χ2v) is 8.06. The highest BCUT2D eigenvalue weighted by Gasteiger charge is 2.35. The normalized spacial score (nSPS) is 20.1. The van der Waals surface area contributed by atoms with Crippen LogP contribution in [-0.4, -0.2) is 52.0 Å². The van der Waals surface area contributed by atoms with Crippen LogP contribution >= 0.6 is 0 Å². The first-order valence-electron chi connectivity index (χ1n) is 10.2. The Morgan fingerprint density at radius 3 is 2.50 bits per heavy atom. The SMILES string of the molecule is Cc1cn(-c2nc(CC3CCC(F)(F)CC3)cc(N3CCOCC3)n2)nc1C(F)F. The van der Waals surface area contributed by atoms with Gasteiger partial charge in [-0.05, 0) is 37.7 Å². The van der Waals surface area contributed by atoms with Crippen LogP contribution in [0.3, 0.4) is 0 Å². The number of rotatable bonds is 5. The summed E-state index contributed by atoms with van der Waals surface area (Å²) in [7, 11) is 0. The van der Waals surface area contributed by atoms with Crippen molar-refractivity contribution >= 4 is 5.82 Å². The summed E-state index contributed by atoms with van der Waals surface area (Å²) in [6, 6.07) is 1.87. The van der Waals surface area contributed by atoms with Crippen molar-refractivity contribution in [1.29, 1.82) is 0 Å². The van der Waals surface area contributed by atoms with E-state index in [-0.39, 0.29) is 30.4 Å². The van der Waals surface area contributed by atoms with Crippen LogP contribution in [0.2, 0.25) is 0 Å². The van der Waals surface area contributed by atoms with Crippen LogP contribution in [0.15, 0.2) is 12.3 Å². The highest BCUT2D eigenvalue weighted by atomic mass is 19.3. The van der Waals surface area contributed by atoms with Crippen molar-refractivity contribution in [2.45, 2.75) is 51.4 Å². The Bertz CT molecular complexity index is 872. The summed E-state index contributed by atoms with van der Waals surface area (Å²) < 4.78 is 60.0.